The lowest BCUT2D eigenvalue weighted by Crippen LogP contribution is -2.55. The van der Waals surface area contributed by atoms with Gasteiger partial charge in [0.25, 0.3) is 0 Å². The highest BCUT2D eigenvalue weighted by Gasteiger charge is 2.74. The van der Waals surface area contributed by atoms with Gasteiger partial charge in [-0.3, -0.25) is 14.4 Å². The molecule has 42 heavy (non-hydrogen) atoms. The Morgan fingerprint density at radius 2 is 1.90 bits per heavy atom. The predicted molar refractivity (Wildman–Crippen MR) is 163 cm³/mol. The second-order valence-electron chi connectivity index (χ2n) is 11.5. The fourth-order valence-electron chi connectivity index (χ4n) is 7.18. The van der Waals surface area contributed by atoms with Crippen LogP contribution in [0.5, 0.6) is 0 Å². The maximum Gasteiger partial charge on any atom is 0.248 e. The minimum Gasteiger partial charge on any atom is -0.396 e. The molecular formula is C31H42N6O4S. The summed E-state index contributed by atoms with van der Waals surface area (Å²) in [6.07, 6.45) is 7.84. The predicted octanol–water partition coefficient (Wildman–Crippen LogP) is 3.08. The number of aromatic nitrogens is 3. The Morgan fingerprint density at radius 3 is 2.64 bits per heavy atom. The first-order valence-corrected chi connectivity index (χ1v) is 16.0. The molecule has 3 fully saturated rings. The average Bonchev–Trinajstić information content (AvgIpc) is 3.74. The van der Waals surface area contributed by atoms with Crippen molar-refractivity contribution in [3.05, 3.63) is 49.6 Å². The normalized spacial score (nSPS) is 26.0. The Bertz CT molecular complexity index is 1330. The van der Waals surface area contributed by atoms with Crippen LogP contribution in [0.4, 0.5) is 0 Å². The van der Waals surface area contributed by atoms with Crippen LogP contribution in [-0.4, -0.2) is 101 Å². The molecule has 0 radical (unpaired) electrons. The summed E-state index contributed by atoms with van der Waals surface area (Å²) in [6, 6.07) is 6.92. The molecule has 2 aromatic rings. The highest BCUT2D eigenvalue weighted by Crippen LogP contribution is 2.66. The summed E-state index contributed by atoms with van der Waals surface area (Å²) in [4.78, 5) is 48.2. The van der Waals surface area contributed by atoms with Gasteiger partial charge in [-0.1, -0.05) is 36.4 Å². The standard InChI is InChI=1S/C31H42N6O4S/c1-4-16-34(17-5-2)28(39)25-24-14-15-31(42-24)26(25)29(40)36(19-10-7-11-20-38)27(31)30(41)35(18-6-3)21-37-23-13-9-8-12-22(23)32-33-37/h4,6,8-9,12-13,24-27,38H,1,3,5,7,10-11,14-21H2,2H3/t24-,25+,26-,27?,31?/m0/s1. The second kappa shape index (κ2) is 13.0. The van der Waals surface area contributed by atoms with Crippen molar-refractivity contribution in [1.82, 2.24) is 29.7 Å². The maximum absolute atomic E-state index is 14.6. The van der Waals surface area contributed by atoms with Crippen molar-refractivity contribution in [2.75, 3.05) is 32.8 Å². The Morgan fingerprint density at radius 1 is 1.14 bits per heavy atom. The van der Waals surface area contributed by atoms with Crippen molar-refractivity contribution in [2.45, 2.75) is 68.2 Å². The van der Waals surface area contributed by atoms with Crippen LogP contribution in [0.3, 0.4) is 0 Å². The number of aliphatic hydroxyl groups is 1. The maximum atomic E-state index is 14.6. The molecule has 1 aromatic heterocycles. The number of hydrogen-bond donors (Lipinski definition) is 1. The van der Waals surface area contributed by atoms with E-state index in [1.54, 1.807) is 38.4 Å². The van der Waals surface area contributed by atoms with Gasteiger partial charge in [-0.2, -0.15) is 0 Å². The third-order valence-corrected chi connectivity index (χ3v) is 10.9. The highest BCUT2D eigenvalue weighted by atomic mass is 32.2. The molecule has 3 saturated heterocycles. The van der Waals surface area contributed by atoms with Gasteiger partial charge in [0.05, 0.1) is 22.1 Å². The van der Waals surface area contributed by atoms with Crippen molar-refractivity contribution < 1.29 is 19.5 Å². The van der Waals surface area contributed by atoms with Gasteiger partial charge < -0.3 is 19.8 Å². The first-order chi connectivity index (χ1) is 20.4. The zero-order chi connectivity index (χ0) is 29.9. The zero-order valence-electron chi connectivity index (χ0n) is 24.4. The fourth-order valence-corrected chi connectivity index (χ4v) is 9.39. The van der Waals surface area contributed by atoms with Gasteiger partial charge in [0.1, 0.15) is 18.2 Å². The van der Waals surface area contributed by atoms with E-state index >= 15 is 0 Å². The zero-order valence-corrected chi connectivity index (χ0v) is 25.3. The molecule has 3 aliphatic heterocycles. The molecule has 5 atom stereocenters. The molecule has 1 N–H and O–H groups in total. The van der Waals surface area contributed by atoms with Gasteiger partial charge in [-0.25, -0.2) is 4.68 Å². The summed E-state index contributed by atoms with van der Waals surface area (Å²) >= 11 is 1.69. The van der Waals surface area contributed by atoms with E-state index in [9.17, 15) is 19.5 Å². The third kappa shape index (κ3) is 5.25. The van der Waals surface area contributed by atoms with E-state index in [4.69, 9.17) is 0 Å². The number of nitrogens with zero attached hydrogens (tertiary/aromatic N) is 6. The number of aliphatic hydroxyl groups excluding tert-OH is 1. The molecular weight excluding hydrogens is 552 g/mol. The molecule has 2 bridgehead atoms. The van der Waals surface area contributed by atoms with E-state index in [0.29, 0.717) is 32.5 Å². The van der Waals surface area contributed by atoms with Crippen molar-refractivity contribution in [3.8, 4) is 0 Å². The largest absolute Gasteiger partial charge is 0.396 e. The summed E-state index contributed by atoms with van der Waals surface area (Å²) in [5.41, 5.74) is 1.56. The minimum atomic E-state index is -0.689. The number of likely N-dealkylation sites (tertiary alicyclic amines) is 1. The quantitative estimate of drug-likeness (QED) is 0.249. The number of para-hydroxylation sites is 1. The van der Waals surface area contributed by atoms with Crippen LogP contribution in [0, 0.1) is 11.8 Å². The molecule has 5 rings (SSSR count). The van der Waals surface area contributed by atoms with Gasteiger partial charge in [-0.05, 0) is 50.7 Å². The van der Waals surface area contributed by atoms with E-state index in [1.807, 2.05) is 36.1 Å². The summed E-state index contributed by atoms with van der Waals surface area (Å²) in [5.74, 6) is -1.23. The number of benzene rings is 1. The van der Waals surface area contributed by atoms with Gasteiger partial charge in [0.2, 0.25) is 17.7 Å². The van der Waals surface area contributed by atoms with Crippen LogP contribution in [0.2, 0.25) is 0 Å². The smallest absolute Gasteiger partial charge is 0.248 e. The summed E-state index contributed by atoms with van der Waals surface area (Å²) in [5, 5.41) is 17.9. The molecule has 11 heteroatoms. The number of unbranched alkanes of at least 4 members (excludes halogenated alkanes) is 2. The van der Waals surface area contributed by atoms with Gasteiger partial charge in [0, 0.05) is 38.0 Å². The summed E-state index contributed by atoms with van der Waals surface area (Å²) in [7, 11) is 0. The van der Waals surface area contributed by atoms with Crippen LogP contribution in [0.1, 0.15) is 45.4 Å². The minimum absolute atomic E-state index is 0.000428. The number of fused-ring (bicyclic) bond motifs is 2. The lowest BCUT2D eigenvalue weighted by Gasteiger charge is -2.37. The summed E-state index contributed by atoms with van der Waals surface area (Å²) in [6.45, 7) is 11.8. The Hall–Kier alpha value is -3.18. The third-order valence-electron chi connectivity index (χ3n) is 8.92. The van der Waals surface area contributed by atoms with Crippen LogP contribution in [0.15, 0.2) is 49.6 Å². The molecule has 3 aliphatic rings. The van der Waals surface area contributed by atoms with Crippen molar-refractivity contribution in [1.29, 1.82) is 0 Å². The monoisotopic (exact) mass is 594 g/mol. The number of thioether (sulfide) groups is 1. The second-order valence-corrected chi connectivity index (χ2v) is 13.1. The van der Waals surface area contributed by atoms with E-state index in [0.717, 1.165) is 36.7 Å². The molecule has 1 aromatic carbocycles. The van der Waals surface area contributed by atoms with Crippen LogP contribution >= 0.6 is 11.8 Å². The number of carbonyl (C=O) groups is 3. The first-order valence-electron chi connectivity index (χ1n) is 15.1. The first kappa shape index (κ1) is 30.3. The number of amides is 3. The lowest BCUT2D eigenvalue weighted by atomic mass is 9.70. The Balaban J connectivity index is 1.49. The molecule has 0 aliphatic carbocycles. The molecule has 4 heterocycles. The Kier molecular flexibility index (Phi) is 9.37. The molecule has 3 amide bonds. The molecule has 226 valence electrons. The number of rotatable bonds is 15. The van der Waals surface area contributed by atoms with Crippen molar-refractivity contribution in [3.63, 3.8) is 0 Å². The van der Waals surface area contributed by atoms with Gasteiger partial charge >= 0.3 is 0 Å². The van der Waals surface area contributed by atoms with Crippen molar-refractivity contribution in [2.24, 2.45) is 11.8 Å². The lowest BCUT2D eigenvalue weighted by molar-refractivity contribution is -0.145. The fraction of sp³-hybridized carbons (Fsp3) is 0.581. The van der Waals surface area contributed by atoms with E-state index in [1.165, 1.54) is 0 Å². The molecule has 10 nitrogen and oxygen atoms in total. The highest BCUT2D eigenvalue weighted by molar-refractivity contribution is 8.02. The number of carbonyl (C=O) groups excluding carboxylic acids is 3. The van der Waals surface area contributed by atoms with E-state index < -0.39 is 22.6 Å². The SMILES string of the molecule is C=CCN(Cn1nnc2ccccc21)C(=O)C1N(CCCCCO)C(=O)[C@@H]2[C@H](C(=O)N(CC=C)CCC)[C@@H]3CCC12S3. The average molecular weight is 595 g/mol. The molecule has 1 spiro atoms. The van der Waals surface area contributed by atoms with Gasteiger partial charge in [0.15, 0.2) is 0 Å². The van der Waals surface area contributed by atoms with Gasteiger partial charge in [-0.15, -0.1) is 30.0 Å². The topological polar surface area (TPSA) is 112 Å². The van der Waals surface area contributed by atoms with E-state index in [2.05, 4.69) is 23.5 Å². The molecule has 0 saturated carbocycles. The van der Waals surface area contributed by atoms with Crippen LogP contribution < -0.4 is 0 Å². The Labute approximate surface area is 251 Å². The summed E-state index contributed by atoms with van der Waals surface area (Å²) < 4.78 is 1.05. The van der Waals surface area contributed by atoms with E-state index in [-0.39, 0.29) is 42.8 Å². The van der Waals surface area contributed by atoms with Crippen LogP contribution in [0.25, 0.3) is 11.0 Å². The molecule has 2 unspecified atom stereocenters. The van der Waals surface area contributed by atoms with Crippen molar-refractivity contribution >= 4 is 40.5 Å². The van der Waals surface area contributed by atoms with Crippen LogP contribution in [-0.2, 0) is 21.1 Å². The number of hydrogen-bond acceptors (Lipinski definition) is 7.